The van der Waals surface area contributed by atoms with Gasteiger partial charge in [-0.15, -0.1) is 0 Å². The molecule has 3 N–H and O–H groups in total. The second kappa shape index (κ2) is 4.06. The lowest BCUT2D eigenvalue weighted by Gasteiger charge is -2.04. The van der Waals surface area contributed by atoms with Crippen molar-refractivity contribution in [1.29, 1.82) is 0 Å². The third kappa shape index (κ3) is 1.77. The van der Waals surface area contributed by atoms with Crippen LogP contribution in [-0.2, 0) is 0 Å². The molecule has 2 aromatic rings. The maximum absolute atomic E-state index is 13.5. The number of carbonyl (C=O) groups is 1. The lowest BCUT2D eigenvalue weighted by molar-refractivity contribution is 0.0690. The number of hydrogen-bond acceptors (Lipinski definition) is 3. The molecule has 5 nitrogen and oxygen atoms in total. The van der Waals surface area contributed by atoms with Crippen molar-refractivity contribution in [3.63, 3.8) is 0 Å². The molecule has 0 aliphatic rings. The van der Waals surface area contributed by atoms with Gasteiger partial charge in [-0.3, -0.25) is 5.10 Å². The summed E-state index contributed by atoms with van der Waals surface area (Å²) in [5.41, 5.74) is -1.82. The SMILES string of the molecule is O=C(O)c1cc(-c2c(F)c(O)cc(F)c2F)n[nH]1. The molecule has 0 bridgehead atoms. The van der Waals surface area contributed by atoms with E-state index in [1.54, 1.807) is 0 Å². The molecule has 0 spiro atoms. The maximum Gasteiger partial charge on any atom is 0.353 e. The van der Waals surface area contributed by atoms with Gasteiger partial charge in [0, 0.05) is 6.07 Å². The Hall–Kier alpha value is -2.51. The Labute approximate surface area is 97.5 Å². The van der Waals surface area contributed by atoms with Crippen molar-refractivity contribution in [2.75, 3.05) is 0 Å². The van der Waals surface area contributed by atoms with Gasteiger partial charge >= 0.3 is 5.97 Å². The average Bonchev–Trinajstić information content (AvgIpc) is 2.76. The minimum atomic E-state index is -1.56. The highest BCUT2D eigenvalue weighted by atomic mass is 19.2. The summed E-state index contributed by atoms with van der Waals surface area (Å²) in [7, 11) is 0. The van der Waals surface area contributed by atoms with Crippen molar-refractivity contribution in [3.05, 3.63) is 35.3 Å². The lowest BCUT2D eigenvalue weighted by Crippen LogP contribution is -1.96. The van der Waals surface area contributed by atoms with E-state index in [1.165, 1.54) is 0 Å². The summed E-state index contributed by atoms with van der Waals surface area (Å²) in [6.07, 6.45) is 0. The number of halogens is 3. The highest BCUT2D eigenvalue weighted by Gasteiger charge is 2.22. The Bertz CT molecular complexity index is 613. The fraction of sp³-hybridized carbons (Fsp3) is 0. The van der Waals surface area contributed by atoms with Gasteiger partial charge in [0.25, 0.3) is 0 Å². The molecular weight excluding hydrogens is 253 g/mol. The van der Waals surface area contributed by atoms with E-state index in [2.05, 4.69) is 5.10 Å². The van der Waals surface area contributed by atoms with Crippen molar-refractivity contribution in [2.24, 2.45) is 0 Å². The quantitative estimate of drug-likeness (QED) is 0.718. The van der Waals surface area contributed by atoms with E-state index in [1.807, 2.05) is 5.10 Å². The monoisotopic (exact) mass is 258 g/mol. The van der Waals surface area contributed by atoms with E-state index in [9.17, 15) is 18.0 Å². The van der Waals surface area contributed by atoms with Crippen LogP contribution in [0.2, 0.25) is 0 Å². The minimum absolute atomic E-state index is 0.277. The second-order valence-corrected chi connectivity index (χ2v) is 3.35. The van der Waals surface area contributed by atoms with Crippen molar-refractivity contribution < 1.29 is 28.2 Å². The normalized spacial score (nSPS) is 10.6. The van der Waals surface area contributed by atoms with Crippen molar-refractivity contribution in [1.82, 2.24) is 10.2 Å². The Morgan fingerprint density at radius 2 is 1.89 bits per heavy atom. The topological polar surface area (TPSA) is 86.2 Å². The lowest BCUT2D eigenvalue weighted by atomic mass is 10.1. The van der Waals surface area contributed by atoms with E-state index in [4.69, 9.17) is 10.2 Å². The fourth-order valence-electron chi connectivity index (χ4n) is 1.37. The fourth-order valence-corrected chi connectivity index (χ4v) is 1.37. The molecule has 0 amide bonds. The van der Waals surface area contributed by atoms with Gasteiger partial charge in [0.2, 0.25) is 0 Å². The summed E-state index contributed by atoms with van der Waals surface area (Å²) in [6, 6.07) is 1.10. The van der Waals surface area contributed by atoms with Gasteiger partial charge in [-0.2, -0.15) is 5.10 Å². The van der Waals surface area contributed by atoms with Gasteiger partial charge in [0.1, 0.15) is 5.69 Å². The number of aromatic hydroxyl groups is 1. The predicted octanol–water partition coefficient (Wildman–Crippen LogP) is 1.90. The van der Waals surface area contributed by atoms with Crippen LogP contribution in [0.1, 0.15) is 10.5 Å². The van der Waals surface area contributed by atoms with Crippen molar-refractivity contribution in [3.8, 4) is 17.0 Å². The molecule has 0 aliphatic carbocycles. The number of aromatic amines is 1. The molecule has 0 saturated carbocycles. The van der Waals surface area contributed by atoms with Gasteiger partial charge < -0.3 is 10.2 Å². The summed E-state index contributed by atoms with van der Waals surface area (Å²) >= 11 is 0. The molecular formula is C10H5F3N2O3. The molecule has 0 atom stereocenters. The van der Waals surface area contributed by atoms with Crippen molar-refractivity contribution in [2.45, 2.75) is 0 Å². The van der Waals surface area contributed by atoms with Crippen LogP contribution in [0.15, 0.2) is 12.1 Å². The number of aromatic nitrogens is 2. The Morgan fingerprint density at radius 3 is 2.44 bits per heavy atom. The summed E-state index contributed by atoms with van der Waals surface area (Å²) in [5.74, 6) is -6.94. The minimum Gasteiger partial charge on any atom is -0.505 e. The number of hydrogen-bond donors (Lipinski definition) is 3. The van der Waals surface area contributed by atoms with E-state index >= 15 is 0 Å². The van der Waals surface area contributed by atoms with Gasteiger partial charge in [-0.25, -0.2) is 18.0 Å². The van der Waals surface area contributed by atoms with Gasteiger partial charge in [-0.05, 0) is 6.07 Å². The van der Waals surface area contributed by atoms with E-state index in [0.717, 1.165) is 6.07 Å². The first-order valence-corrected chi connectivity index (χ1v) is 4.57. The number of benzene rings is 1. The molecule has 1 heterocycles. The molecule has 1 aromatic heterocycles. The predicted molar refractivity (Wildman–Crippen MR) is 52.5 cm³/mol. The molecule has 0 radical (unpaired) electrons. The zero-order chi connectivity index (χ0) is 13.4. The number of phenols is 1. The van der Waals surface area contributed by atoms with Crippen LogP contribution in [0.3, 0.4) is 0 Å². The summed E-state index contributed by atoms with van der Waals surface area (Å²) in [5, 5.41) is 23.0. The number of carboxylic acids is 1. The summed E-state index contributed by atoms with van der Waals surface area (Å²) < 4.78 is 39.9. The Kier molecular flexibility index (Phi) is 2.70. The number of nitrogens with zero attached hydrogens (tertiary/aromatic N) is 1. The third-order valence-corrected chi connectivity index (χ3v) is 2.20. The van der Waals surface area contributed by atoms with Gasteiger partial charge in [0.15, 0.2) is 23.2 Å². The highest BCUT2D eigenvalue weighted by Crippen LogP contribution is 2.32. The number of rotatable bonds is 2. The Morgan fingerprint density at radius 1 is 1.22 bits per heavy atom. The van der Waals surface area contributed by atoms with E-state index < -0.39 is 46.1 Å². The van der Waals surface area contributed by atoms with Gasteiger partial charge in [0.05, 0.1) is 11.3 Å². The van der Waals surface area contributed by atoms with E-state index in [0.29, 0.717) is 0 Å². The standard InChI is InChI=1S/C10H5F3N2O3/c11-3-1-6(16)9(13)7(8(3)12)4-2-5(10(17)18)15-14-4/h1-2,16H,(H,14,15)(H,17,18). The summed E-state index contributed by atoms with van der Waals surface area (Å²) in [6.45, 7) is 0. The molecule has 94 valence electrons. The first-order valence-electron chi connectivity index (χ1n) is 4.57. The van der Waals surface area contributed by atoms with Crippen LogP contribution in [0.5, 0.6) is 5.75 Å². The van der Waals surface area contributed by atoms with Crippen LogP contribution >= 0.6 is 0 Å². The number of phenolic OH excluding ortho intramolecular Hbond substituents is 1. The van der Waals surface area contributed by atoms with Crippen LogP contribution in [-0.4, -0.2) is 26.4 Å². The number of nitrogens with one attached hydrogen (secondary N) is 1. The highest BCUT2D eigenvalue weighted by molar-refractivity contribution is 5.87. The van der Waals surface area contributed by atoms with E-state index in [-0.39, 0.29) is 6.07 Å². The molecule has 0 saturated heterocycles. The van der Waals surface area contributed by atoms with Gasteiger partial charge in [-0.1, -0.05) is 0 Å². The zero-order valence-corrected chi connectivity index (χ0v) is 8.54. The molecule has 0 aliphatic heterocycles. The molecule has 0 fully saturated rings. The number of carboxylic acid groups (broad SMARTS) is 1. The zero-order valence-electron chi connectivity index (χ0n) is 8.54. The first-order chi connectivity index (χ1) is 8.41. The third-order valence-electron chi connectivity index (χ3n) is 2.20. The smallest absolute Gasteiger partial charge is 0.353 e. The number of aromatic carboxylic acids is 1. The maximum atomic E-state index is 13.5. The number of H-pyrrole nitrogens is 1. The molecule has 2 rings (SSSR count). The van der Waals surface area contributed by atoms with Crippen molar-refractivity contribution >= 4 is 5.97 Å². The van der Waals surface area contributed by atoms with Crippen LogP contribution in [0.25, 0.3) is 11.3 Å². The largest absolute Gasteiger partial charge is 0.505 e. The molecule has 8 heteroatoms. The molecule has 1 aromatic carbocycles. The van der Waals surface area contributed by atoms with Crippen LogP contribution < -0.4 is 0 Å². The Balaban J connectivity index is 2.66. The average molecular weight is 258 g/mol. The van der Waals surface area contributed by atoms with Crippen LogP contribution in [0.4, 0.5) is 13.2 Å². The molecule has 18 heavy (non-hydrogen) atoms. The molecule has 0 unspecified atom stereocenters. The summed E-state index contributed by atoms with van der Waals surface area (Å²) in [4.78, 5) is 10.6. The van der Waals surface area contributed by atoms with Crippen LogP contribution in [0, 0.1) is 17.5 Å². The second-order valence-electron chi connectivity index (χ2n) is 3.35. The first kappa shape index (κ1) is 12.0.